The second-order valence-corrected chi connectivity index (χ2v) is 5.40. The van der Waals surface area contributed by atoms with E-state index in [0.717, 1.165) is 12.0 Å². The van der Waals surface area contributed by atoms with Gasteiger partial charge in [0, 0.05) is 19.1 Å². The summed E-state index contributed by atoms with van der Waals surface area (Å²) in [6.07, 6.45) is 8.26. The predicted octanol–water partition coefficient (Wildman–Crippen LogP) is 2.89. The maximum absolute atomic E-state index is 3.71. The third kappa shape index (κ3) is 5.31. The highest BCUT2D eigenvalue weighted by Gasteiger charge is 2.22. The minimum atomic E-state index is 0.810. The summed E-state index contributed by atoms with van der Waals surface area (Å²) in [5.41, 5.74) is 0. The van der Waals surface area contributed by atoms with Crippen LogP contribution in [0.3, 0.4) is 0 Å². The Morgan fingerprint density at radius 3 is 2.62 bits per heavy atom. The Balaban J connectivity index is 1.98. The number of nitrogens with zero attached hydrogens (tertiary/aromatic N) is 1. The Morgan fingerprint density at radius 1 is 1.19 bits per heavy atom. The molecular weight excluding hydrogens is 196 g/mol. The van der Waals surface area contributed by atoms with E-state index in [4.69, 9.17) is 0 Å². The minimum absolute atomic E-state index is 0.810. The van der Waals surface area contributed by atoms with Crippen molar-refractivity contribution in [3.63, 3.8) is 0 Å². The Kier molecular flexibility index (Phi) is 7.06. The van der Waals surface area contributed by atoms with Crippen molar-refractivity contribution in [2.24, 2.45) is 5.92 Å². The van der Waals surface area contributed by atoms with Crippen molar-refractivity contribution in [2.45, 2.75) is 58.4 Å². The molecule has 1 fully saturated rings. The van der Waals surface area contributed by atoms with Crippen LogP contribution in [0.5, 0.6) is 0 Å². The highest BCUT2D eigenvalue weighted by Crippen LogP contribution is 2.27. The third-order valence-corrected chi connectivity index (χ3v) is 3.94. The monoisotopic (exact) mass is 226 g/mol. The van der Waals surface area contributed by atoms with Gasteiger partial charge in [-0.15, -0.1) is 0 Å². The smallest absolute Gasteiger partial charge is 0.0104 e. The van der Waals surface area contributed by atoms with E-state index < -0.39 is 0 Å². The lowest BCUT2D eigenvalue weighted by Crippen LogP contribution is -2.35. The Hall–Kier alpha value is -0.0800. The molecule has 0 aromatic carbocycles. The quantitative estimate of drug-likeness (QED) is 0.684. The first-order chi connectivity index (χ1) is 7.76. The second-order valence-electron chi connectivity index (χ2n) is 5.40. The lowest BCUT2D eigenvalue weighted by molar-refractivity contribution is 0.317. The van der Waals surface area contributed by atoms with Gasteiger partial charge in [-0.05, 0) is 45.2 Å². The van der Waals surface area contributed by atoms with Crippen LogP contribution in [-0.2, 0) is 0 Å². The summed E-state index contributed by atoms with van der Waals surface area (Å²) in [7, 11) is 2.24. The number of hydrogen-bond donors (Lipinski definition) is 1. The maximum Gasteiger partial charge on any atom is 0.0104 e. The van der Waals surface area contributed by atoms with Gasteiger partial charge in [-0.25, -0.2) is 0 Å². The van der Waals surface area contributed by atoms with E-state index in [1.807, 2.05) is 0 Å². The molecule has 0 amide bonds. The van der Waals surface area contributed by atoms with Crippen LogP contribution in [0, 0.1) is 5.92 Å². The van der Waals surface area contributed by atoms with Gasteiger partial charge in [-0.1, -0.05) is 26.7 Å². The molecule has 0 aromatic heterocycles. The van der Waals surface area contributed by atoms with E-state index in [0.29, 0.717) is 0 Å². The highest BCUT2D eigenvalue weighted by molar-refractivity contribution is 4.79. The fourth-order valence-electron chi connectivity index (χ4n) is 2.63. The van der Waals surface area contributed by atoms with Gasteiger partial charge < -0.3 is 10.2 Å². The van der Waals surface area contributed by atoms with Crippen LogP contribution >= 0.6 is 0 Å². The van der Waals surface area contributed by atoms with Crippen molar-refractivity contribution in [3.05, 3.63) is 0 Å². The number of rotatable bonds is 8. The van der Waals surface area contributed by atoms with E-state index in [1.54, 1.807) is 0 Å². The van der Waals surface area contributed by atoms with Crippen LogP contribution in [-0.4, -0.2) is 37.6 Å². The van der Waals surface area contributed by atoms with Crippen LogP contribution in [0.4, 0.5) is 0 Å². The van der Waals surface area contributed by atoms with Gasteiger partial charge in [0.15, 0.2) is 0 Å². The molecule has 2 heteroatoms. The molecule has 16 heavy (non-hydrogen) atoms. The molecular formula is C14H30N2. The topological polar surface area (TPSA) is 15.3 Å². The number of hydrogen-bond acceptors (Lipinski definition) is 2. The van der Waals surface area contributed by atoms with Gasteiger partial charge >= 0.3 is 0 Å². The zero-order chi connectivity index (χ0) is 11.8. The molecule has 0 radical (unpaired) electrons. The van der Waals surface area contributed by atoms with Crippen molar-refractivity contribution >= 4 is 0 Å². The molecule has 1 saturated carbocycles. The van der Waals surface area contributed by atoms with Gasteiger partial charge in [0.05, 0.1) is 0 Å². The van der Waals surface area contributed by atoms with E-state index >= 15 is 0 Å². The summed E-state index contributed by atoms with van der Waals surface area (Å²) in [5, 5.41) is 3.71. The third-order valence-electron chi connectivity index (χ3n) is 3.94. The van der Waals surface area contributed by atoms with Gasteiger partial charge in [0.2, 0.25) is 0 Å². The first-order valence-electron chi connectivity index (χ1n) is 7.18. The average molecular weight is 226 g/mol. The second kappa shape index (κ2) is 8.08. The van der Waals surface area contributed by atoms with Gasteiger partial charge in [0.25, 0.3) is 0 Å². The number of likely N-dealkylation sites (N-methyl/N-ethyl adjacent to an activating group) is 1. The highest BCUT2D eigenvalue weighted by atomic mass is 15.1. The van der Waals surface area contributed by atoms with Crippen LogP contribution in [0.2, 0.25) is 0 Å². The molecule has 2 nitrogen and oxygen atoms in total. The summed E-state index contributed by atoms with van der Waals surface area (Å²) in [5.74, 6) is 0.996. The molecule has 0 heterocycles. The molecule has 0 aliphatic heterocycles. The maximum atomic E-state index is 3.71. The average Bonchev–Trinajstić information content (AvgIpc) is 2.74. The first-order valence-corrected chi connectivity index (χ1v) is 7.18. The van der Waals surface area contributed by atoms with Crippen LogP contribution in [0.15, 0.2) is 0 Å². The molecule has 2 unspecified atom stereocenters. The zero-order valence-electron chi connectivity index (χ0n) is 11.5. The van der Waals surface area contributed by atoms with Crippen LogP contribution < -0.4 is 5.32 Å². The molecule has 0 aromatic rings. The predicted molar refractivity (Wildman–Crippen MR) is 71.8 cm³/mol. The Labute approximate surface area is 102 Å². The molecule has 2 atom stereocenters. The minimum Gasteiger partial charge on any atom is -0.313 e. The molecule has 0 bridgehead atoms. The Morgan fingerprint density at radius 2 is 2.00 bits per heavy atom. The largest absolute Gasteiger partial charge is 0.313 e. The van der Waals surface area contributed by atoms with Crippen molar-refractivity contribution in [2.75, 3.05) is 26.7 Å². The summed E-state index contributed by atoms with van der Waals surface area (Å²) in [6.45, 7) is 8.20. The molecule has 0 saturated heterocycles. The van der Waals surface area contributed by atoms with Crippen LogP contribution in [0.1, 0.15) is 52.4 Å². The van der Waals surface area contributed by atoms with E-state index in [-0.39, 0.29) is 0 Å². The van der Waals surface area contributed by atoms with Crippen molar-refractivity contribution < 1.29 is 0 Å². The molecule has 1 aliphatic carbocycles. The van der Waals surface area contributed by atoms with Crippen molar-refractivity contribution in [3.8, 4) is 0 Å². The number of unbranched alkanes of at least 4 members (excludes halogenated alkanes) is 1. The van der Waals surface area contributed by atoms with Crippen molar-refractivity contribution in [1.29, 1.82) is 0 Å². The lowest BCUT2D eigenvalue weighted by atomic mass is 10.1. The SMILES string of the molecule is CCCCN(C)CCNC1CCC(CC)C1. The van der Waals surface area contributed by atoms with Gasteiger partial charge in [0.1, 0.15) is 0 Å². The number of nitrogens with one attached hydrogen (secondary N) is 1. The first kappa shape index (κ1) is 14.0. The standard InChI is InChI=1S/C14H30N2/c1-4-6-10-16(3)11-9-15-14-8-7-13(5-2)12-14/h13-15H,4-12H2,1-3H3. The fourth-order valence-corrected chi connectivity index (χ4v) is 2.63. The molecule has 1 N–H and O–H groups in total. The van der Waals surface area contributed by atoms with Gasteiger partial charge in [-0.3, -0.25) is 0 Å². The zero-order valence-corrected chi connectivity index (χ0v) is 11.5. The summed E-state index contributed by atoms with van der Waals surface area (Å²) in [6, 6.07) is 0.810. The molecule has 1 aliphatic rings. The van der Waals surface area contributed by atoms with Gasteiger partial charge in [-0.2, -0.15) is 0 Å². The summed E-state index contributed by atoms with van der Waals surface area (Å²) >= 11 is 0. The summed E-state index contributed by atoms with van der Waals surface area (Å²) in [4.78, 5) is 2.45. The van der Waals surface area contributed by atoms with Crippen molar-refractivity contribution in [1.82, 2.24) is 10.2 Å². The van der Waals surface area contributed by atoms with E-state index in [9.17, 15) is 0 Å². The van der Waals surface area contributed by atoms with Crippen LogP contribution in [0.25, 0.3) is 0 Å². The fraction of sp³-hybridized carbons (Fsp3) is 1.00. The lowest BCUT2D eigenvalue weighted by Gasteiger charge is -2.18. The molecule has 0 spiro atoms. The van der Waals surface area contributed by atoms with E-state index in [2.05, 4.69) is 31.1 Å². The molecule has 96 valence electrons. The Bertz CT molecular complexity index is 170. The van der Waals surface area contributed by atoms with E-state index in [1.165, 1.54) is 58.2 Å². The molecule has 1 rings (SSSR count). The normalized spacial score (nSPS) is 25.5. The summed E-state index contributed by atoms with van der Waals surface area (Å²) < 4.78 is 0.